The Balaban J connectivity index is 2.11. The van der Waals surface area contributed by atoms with Crippen molar-refractivity contribution in [1.29, 1.82) is 0 Å². The van der Waals surface area contributed by atoms with Crippen LogP contribution < -0.4 is 5.32 Å². The van der Waals surface area contributed by atoms with Crippen LogP contribution in [0.3, 0.4) is 0 Å². The maximum Gasteiger partial charge on any atom is 0.0755 e. The fourth-order valence-electron chi connectivity index (χ4n) is 3.00. The molecule has 0 amide bonds. The molecular weight excluding hydrogens is 246 g/mol. The van der Waals surface area contributed by atoms with Crippen LogP contribution in [-0.2, 0) is 11.2 Å². The zero-order valence-corrected chi connectivity index (χ0v) is 13.4. The van der Waals surface area contributed by atoms with E-state index in [1.165, 1.54) is 36.0 Å². The lowest BCUT2D eigenvalue weighted by molar-refractivity contribution is 0.0510. The summed E-state index contributed by atoms with van der Waals surface area (Å²) < 4.78 is 5.81. The molecule has 1 aliphatic rings. The molecule has 0 spiro atoms. The minimum absolute atomic E-state index is 0.362. The van der Waals surface area contributed by atoms with E-state index in [1.54, 1.807) is 0 Å². The third kappa shape index (κ3) is 4.07. The Bertz CT molecular complexity index is 425. The second-order valence-corrected chi connectivity index (χ2v) is 6.23. The predicted molar refractivity (Wildman–Crippen MR) is 85.2 cm³/mol. The molecule has 20 heavy (non-hydrogen) atoms. The van der Waals surface area contributed by atoms with Crippen LogP contribution in [0.25, 0.3) is 0 Å². The number of nitrogens with one attached hydrogen (secondary N) is 1. The second kappa shape index (κ2) is 7.24. The molecule has 2 nitrogen and oxygen atoms in total. The van der Waals surface area contributed by atoms with Crippen LogP contribution in [0.2, 0.25) is 0 Å². The molecule has 2 heteroatoms. The molecule has 0 aliphatic heterocycles. The van der Waals surface area contributed by atoms with Gasteiger partial charge in [-0.2, -0.15) is 0 Å². The maximum atomic E-state index is 5.81. The third-order valence-electron chi connectivity index (χ3n) is 4.36. The molecule has 1 aromatic rings. The van der Waals surface area contributed by atoms with E-state index in [9.17, 15) is 0 Å². The van der Waals surface area contributed by atoms with Gasteiger partial charge in [0.15, 0.2) is 0 Å². The molecule has 2 atom stereocenters. The van der Waals surface area contributed by atoms with Crippen molar-refractivity contribution in [2.45, 2.75) is 58.6 Å². The second-order valence-electron chi connectivity index (χ2n) is 6.23. The first-order chi connectivity index (χ1) is 9.65. The van der Waals surface area contributed by atoms with E-state index in [1.807, 2.05) is 7.11 Å². The van der Waals surface area contributed by atoms with Crippen LogP contribution in [0, 0.1) is 19.8 Å². The van der Waals surface area contributed by atoms with Gasteiger partial charge in [-0.25, -0.2) is 0 Å². The number of ether oxygens (including phenoxy) is 1. The van der Waals surface area contributed by atoms with Gasteiger partial charge in [0.25, 0.3) is 0 Å². The molecule has 1 N–H and O–H groups in total. The molecule has 1 saturated carbocycles. The summed E-state index contributed by atoms with van der Waals surface area (Å²) in [6.07, 6.45) is 5.26. The highest BCUT2D eigenvalue weighted by molar-refractivity contribution is 5.31. The lowest BCUT2D eigenvalue weighted by Gasteiger charge is -2.28. The highest BCUT2D eigenvalue weighted by Crippen LogP contribution is 2.36. The van der Waals surface area contributed by atoms with Gasteiger partial charge >= 0.3 is 0 Å². The quantitative estimate of drug-likeness (QED) is 0.782. The van der Waals surface area contributed by atoms with E-state index in [0.29, 0.717) is 12.1 Å². The Kier molecular flexibility index (Phi) is 5.62. The van der Waals surface area contributed by atoms with Crippen LogP contribution >= 0.6 is 0 Å². The largest absolute Gasteiger partial charge is 0.380 e. The predicted octanol–water partition coefficient (Wildman–Crippen LogP) is 3.64. The van der Waals surface area contributed by atoms with Crippen molar-refractivity contribution in [3.8, 4) is 0 Å². The zero-order valence-electron chi connectivity index (χ0n) is 13.4. The average molecular weight is 275 g/mol. The van der Waals surface area contributed by atoms with Gasteiger partial charge in [-0.1, -0.05) is 30.7 Å². The first-order valence-electron chi connectivity index (χ1n) is 7.98. The molecular formula is C18H29NO. The summed E-state index contributed by atoms with van der Waals surface area (Å²) in [5.41, 5.74) is 4.20. The van der Waals surface area contributed by atoms with Gasteiger partial charge in [-0.05, 0) is 63.1 Å². The Hall–Kier alpha value is -0.860. The summed E-state index contributed by atoms with van der Waals surface area (Å²) in [7, 11) is 1.87. The van der Waals surface area contributed by atoms with Crippen molar-refractivity contribution < 1.29 is 4.74 Å². The van der Waals surface area contributed by atoms with Crippen molar-refractivity contribution in [3.63, 3.8) is 0 Å². The standard InChI is InChI=1S/C18H29NO/c1-5-10-19-17(18(20-4)15-8-9-15)12-16-11-13(2)6-7-14(16)3/h6-7,11,15,17-19H,5,8-10,12H2,1-4H3. The summed E-state index contributed by atoms with van der Waals surface area (Å²) >= 11 is 0. The lowest BCUT2D eigenvalue weighted by Crippen LogP contribution is -2.44. The van der Waals surface area contributed by atoms with Gasteiger partial charge in [-0.15, -0.1) is 0 Å². The fraction of sp³-hybridized carbons (Fsp3) is 0.667. The molecule has 0 saturated heterocycles. The Morgan fingerprint density at radius 1 is 1.30 bits per heavy atom. The van der Waals surface area contributed by atoms with Crippen LogP contribution in [0.4, 0.5) is 0 Å². The van der Waals surface area contributed by atoms with Crippen LogP contribution in [0.15, 0.2) is 18.2 Å². The van der Waals surface area contributed by atoms with Crippen molar-refractivity contribution in [2.24, 2.45) is 5.92 Å². The van der Waals surface area contributed by atoms with Crippen molar-refractivity contribution in [2.75, 3.05) is 13.7 Å². The Morgan fingerprint density at radius 3 is 2.65 bits per heavy atom. The van der Waals surface area contributed by atoms with Gasteiger partial charge in [0, 0.05) is 13.2 Å². The van der Waals surface area contributed by atoms with Crippen molar-refractivity contribution >= 4 is 0 Å². The van der Waals surface area contributed by atoms with Gasteiger partial charge < -0.3 is 10.1 Å². The van der Waals surface area contributed by atoms with E-state index < -0.39 is 0 Å². The Labute approximate surface area is 123 Å². The zero-order chi connectivity index (χ0) is 14.5. The summed E-state index contributed by atoms with van der Waals surface area (Å²) in [6, 6.07) is 7.20. The van der Waals surface area contributed by atoms with E-state index in [4.69, 9.17) is 4.74 Å². The van der Waals surface area contributed by atoms with Gasteiger partial charge in [0.05, 0.1) is 6.10 Å². The minimum atomic E-state index is 0.362. The summed E-state index contributed by atoms with van der Waals surface area (Å²) in [6.45, 7) is 7.68. The first-order valence-corrected chi connectivity index (χ1v) is 7.98. The van der Waals surface area contributed by atoms with Crippen molar-refractivity contribution in [3.05, 3.63) is 34.9 Å². The summed E-state index contributed by atoms with van der Waals surface area (Å²) in [5.74, 6) is 0.763. The number of aryl methyl sites for hydroxylation is 2. The van der Waals surface area contributed by atoms with Crippen LogP contribution in [-0.4, -0.2) is 25.8 Å². The topological polar surface area (TPSA) is 21.3 Å². The SMILES string of the molecule is CCCNC(Cc1cc(C)ccc1C)C(OC)C1CC1. The van der Waals surface area contributed by atoms with Gasteiger partial charge in [0.1, 0.15) is 0 Å². The molecule has 112 valence electrons. The first kappa shape index (κ1) is 15.5. The van der Waals surface area contributed by atoms with Crippen LogP contribution in [0.1, 0.15) is 42.9 Å². The average Bonchev–Trinajstić information content (AvgIpc) is 3.25. The highest BCUT2D eigenvalue weighted by Gasteiger charge is 2.36. The van der Waals surface area contributed by atoms with E-state index in [-0.39, 0.29) is 0 Å². The number of rotatable bonds is 8. The molecule has 1 fully saturated rings. The lowest BCUT2D eigenvalue weighted by atomic mass is 9.94. The molecule has 1 aliphatic carbocycles. The molecule has 0 radical (unpaired) electrons. The fourth-order valence-corrected chi connectivity index (χ4v) is 3.00. The monoisotopic (exact) mass is 275 g/mol. The molecule has 0 bridgehead atoms. The highest BCUT2D eigenvalue weighted by atomic mass is 16.5. The minimum Gasteiger partial charge on any atom is -0.380 e. The number of hydrogen-bond acceptors (Lipinski definition) is 2. The van der Waals surface area contributed by atoms with E-state index in [0.717, 1.165) is 18.9 Å². The van der Waals surface area contributed by atoms with E-state index >= 15 is 0 Å². The molecule has 0 aromatic heterocycles. The van der Waals surface area contributed by atoms with Gasteiger partial charge in [-0.3, -0.25) is 0 Å². The summed E-state index contributed by atoms with van der Waals surface area (Å²) in [5, 5.41) is 3.71. The number of methoxy groups -OCH3 is 1. The normalized spacial score (nSPS) is 18.0. The smallest absolute Gasteiger partial charge is 0.0755 e. The number of hydrogen-bond donors (Lipinski definition) is 1. The molecule has 1 aromatic carbocycles. The number of benzene rings is 1. The maximum absolute atomic E-state index is 5.81. The molecule has 0 heterocycles. The third-order valence-corrected chi connectivity index (χ3v) is 4.36. The van der Waals surface area contributed by atoms with Crippen molar-refractivity contribution in [1.82, 2.24) is 5.32 Å². The van der Waals surface area contributed by atoms with E-state index in [2.05, 4.69) is 44.3 Å². The Morgan fingerprint density at radius 2 is 2.05 bits per heavy atom. The van der Waals surface area contributed by atoms with Gasteiger partial charge in [0.2, 0.25) is 0 Å². The molecule has 2 rings (SSSR count). The van der Waals surface area contributed by atoms with Crippen LogP contribution in [0.5, 0.6) is 0 Å². The summed E-state index contributed by atoms with van der Waals surface area (Å²) in [4.78, 5) is 0. The molecule has 2 unspecified atom stereocenters.